The number of nitrogens with one attached hydrogen (secondary N) is 1. The summed E-state index contributed by atoms with van der Waals surface area (Å²) in [4.78, 5) is 15.1. The van der Waals surface area contributed by atoms with Crippen LogP contribution in [0.15, 0.2) is 36.4 Å². The van der Waals surface area contributed by atoms with Crippen molar-refractivity contribution in [1.29, 1.82) is 0 Å². The molecule has 1 atom stereocenters. The Morgan fingerprint density at radius 1 is 1.20 bits per heavy atom. The molecule has 0 bridgehead atoms. The predicted molar refractivity (Wildman–Crippen MR) is 99.8 cm³/mol. The van der Waals surface area contributed by atoms with E-state index in [0.29, 0.717) is 23.1 Å². The zero-order valence-corrected chi connectivity index (χ0v) is 15.3. The van der Waals surface area contributed by atoms with E-state index in [2.05, 4.69) is 5.32 Å². The van der Waals surface area contributed by atoms with Crippen LogP contribution in [0, 0.1) is 0 Å². The van der Waals surface area contributed by atoms with Crippen molar-refractivity contribution >= 4 is 34.8 Å². The summed E-state index contributed by atoms with van der Waals surface area (Å²) in [7, 11) is 1.64. The van der Waals surface area contributed by atoms with Gasteiger partial charge in [0.25, 0.3) is 0 Å². The van der Waals surface area contributed by atoms with Crippen LogP contribution >= 0.6 is 23.2 Å². The third-order valence-corrected chi connectivity index (χ3v) is 5.88. The van der Waals surface area contributed by atoms with E-state index in [4.69, 9.17) is 27.9 Å². The number of nitrogens with zero attached hydrogens (tertiary/aromatic N) is 1. The molecule has 1 unspecified atom stereocenters. The number of amides is 1. The molecule has 1 amide bonds. The summed E-state index contributed by atoms with van der Waals surface area (Å²) < 4.78 is 5.20. The molecule has 1 saturated heterocycles. The molecular formula is C19H18Cl2N2O2. The first-order chi connectivity index (χ1) is 12.0. The number of ether oxygens (including phenoxy) is 1. The molecule has 0 aliphatic carbocycles. The van der Waals surface area contributed by atoms with Crippen molar-refractivity contribution in [3.63, 3.8) is 0 Å². The molecule has 1 spiro atoms. The molecule has 25 heavy (non-hydrogen) atoms. The van der Waals surface area contributed by atoms with E-state index < -0.39 is 5.41 Å². The SMILES string of the molecule is COc1ccc(CN2C(=O)C3(CCNC3)c3cc(Cl)c(Cl)cc32)cc1. The molecule has 2 aliphatic heterocycles. The average molecular weight is 377 g/mol. The maximum atomic E-state index is 13.3. The van der Waals surface area contributed by atoms with Gasteiger partial charge in [0, 0.05) is 12.2 Å². The first kappa shape index (κ1) is 16.7. The fraction of sp³-hybridized carbons (Fsp3) is 0.316. The van der Waals surface area contributed by atoms with E-state index in [1.54, 1.807) is 7.11 Å². The number of fused-ring (bicyclic) bond motifs is 2. The fourth-order valence-corrected chi connectivity index (χ4v) is 4.12. The Morgan fingerprint density at radius 3 is 2.56 bits per heavy atom. The second-order valence-corrected chi connectivity index (χ2v) is 7.35. The molecule has 2 aliphatic rings. The van der Waals surface area contributed by atoms with Gasteiger partial charge in [-0.25, -0.2) is 0 Å². The van der Waals surface area contributed by atoms with Crippen LogP contribution in [0.4, 0.5) is 5.69 Å². The lowest BCUT2D eigenvalue weighted by atomic mass is 9.81. The van der Waals surface area contributed by atoms with Crippen LogP contribution in [0.1, 0.15) is 17.5 Å². The highest BCUT2D eigenvalue weighted by molar-refractivity contribution is 6.42. The molecule has 1 N–H and O–H groups in total. The third-order valence-electron chi connectivity index (χ3n) is 5.15. The number of anilines is 1. The zero-order valence-electron chi connectivity index (χ0n) is 13.8. The third kappa shape index (κ3) is 2.60. The van der Waals surface area contributed by atoms with Gasteiger partial charge in [0.2, 0.25) is 5.91 Å². The van der Waals surface area contributed by atoms with E-state index in [1.165, 1.54) is 0 Å². The lowest BCUT2D eigenvalue weighted by Gasteiger charge is -2.23. The Balaban J connectivity index is 1.75. The molecular weight excluding hydrogens is 359 g/mol. The zero-order chi connectivity index (χ0) is 17.6. The van der Waals surface area contributed by atoms with E-state index in [1.807, 2.05) is 41.3 Å². The summed E-state index contributed by atoms with van der Waals surface area (Å²) in [6, 6.07) is 11.4. The predicted octanol–water partition coefficient (Wildman–Crippen LogP) is 3.78. The van der Waals surface area contributed by atoms with E-state index in [9.17, 15) is 4.79 Å². The van der Waals surface area contributed by atoms with Crippen LogP contribution in [-0.2, 0) is 16.8 Å². The summed E-state index contributed by atoms with van der Waals surface area (Å²) in [5.41, 5.74) is 2.34. The van der Waals surface area contributed by atoms with Gasteiger partial charge in [0.1, 0.15) is 5.75 Å². The van der Waals surface area contributed by atoms with Gasteiger partial charge in [-0.15, -0.1) is 0 Å². The Hall–Kier alpha value is -1.75. The van der Waals surface area contributed by atoms with Gasteiger partial charge in [-0.3, -0.25) is 4.79 Å². The number of carbonyl (C=O) groups excluding carboxylic acids is 1. The highest BCUT2D eigenvalue weighted by Crippen LogP contribution is 2.48. The molecule has 0 aromatic heterocycles. The number of rotatable bonds is 3. The molecule has 6 heteroatoms. The Morgan fingerprint density at radius 2 is 1.92 bits per heavy atom. The summed E-state index contributed by atoms with van der Waals surface area (Å²) in [5.74, 6) is 0.907. The summed E-state index contributed by atoms with van der Waals surface area (Å²) in [5, 5.41) is 4.28. The smallest absolute Gasteiger partial charge is 0.239 e. The number of hydrogen-bond donors (Lipinski definition) is 1. The highest BCUT2D eigenvalue weighted by Gasteiger charge is 2.52. The Labute approximate surface area is 156 Å². The number of benzene rings is 2. The van der Waals surface area contributed by atoms with Crippen LogP contribution in [0.25, 0.3) is 0 Å². The van der Waals surface area contributed by atoms with Gasteiger partial charge in [-0.2, -0.15) is 0 Å². The van der Waals surface area contributed by atoms with E-state index in [-0.39, 0.29) is 5.91 Å². The van der Waals surface area contributed by atoms with E-state index >= 15 is 0 Å². The van der Waals surface area contributed by atoms with Crippen LogP contribution in [0.2, 0.25) is 10.0 Å². The standard InChI is InChI=1S/C19H18Cl2N2O2/c1-25-13-4-2-12(3-5-13)10-23-17-9-16(21)15(20)8-14(17)19(18(23)24)6-7-22-11-19/h2-5,8-9,22H,6-7,10-11H2,1H3. The molecule has 2 aromatic rings. The van der Waals surface area contributed by atoms with Crippen molar-refractivity contribution in [3.8, 4) is 5.75 Å². The minimum atomic E-state index is -0.532. The average Bonchev–Trinajstić information content (AvgIpc) is 3.19. The minimum absolute atomic E-state index is 0.113. The number of methoxy groups -OCH3 is 1. The van der Waals surface area contributed by atoms with Crippen molar-refractivity contribution < 1.29 is 9.53 Å². The van der Waals surface area contributed by atoms with Crippen molar-refractivity contribution in [1.82, 2.24) is 5.32 Å². The summed E-state index contributed by atoms with van der Waals surface area (Å²) in [6.45, 7) is 1.95. The van der Waals surface area contributed by atoms with Gasteiger partial charge < -0.3 is 15.0 Å². The molecule has 1 fully saturated rings. The summed E-state index contributed by atoms with van der Waals surface area (Å²) in [6.07, 6.45) is 0.774. The topological polar surface area (TPSA) is 41.6 Å². The largest absolute Gasteiger partial charge is 0.497 e. The second kappa shape index (κ2) is 6.20. The van der Waals surface area contributed by atoms with Crippen LogP contribution in [0.3, 0.4) is 0 Å². The fourth-order valence-electron chi connectivity index (χ4n) is 3.80. The monoisotopic (exact) mass is 376 g/mol. The second-order valence-electron chi connectivity index (χ2n) is 6.53. The summed E-state index contributed by atoms with van der Waals surface area (Å²) >= 11 is 12.5. The molecule has 0 saturated carbocycles. The number of carbonyl (C=O) groups is 1. The first-order valence-electron chi connectivity index (χ1n) is 8.20. The molecule has 130 valence electrons. The molecule has 0 radical (unpaired) electrons. The van der Waals surface area contributed by atoms with Crippen molar-refractivity contribution in [3.05, 3.63) is 57.6 Å². The lowest BCUT2D eigenvalue weighted by Crippen LogP contribution is -2.41. The Bertz CT molecular complexity index is 830. The molecule has 2 heterocycles. The van der Waals surface area contributed by atoms with Crippen LogP contribution in [0.5, 0.6) is 5.75 Å². The molecule has 4 nitrogen and oxygen atoms in total. The normalized spacial score (nSPS) is 21.9. The number of halogens is 2. The van der Waals surface area contributed by atoms with Gasteiger partial charge in [0.05, 0.1) is 29.1 Å². The van der Waals surface area contributed by atoms with Gasteiger partial charge >= 0.3 is 0 Å². The maximum absolute atomic E-state index is 13.3. The van der Waals surface area contributed by atoms with Crippen LogP contribution < -0.4 is 15.0 Å². The first-order valence-corrected chi connectivity index (χ1v) is 8.96. The lowest BCUT2D eigenvalue weighted by molar-refractivity contribution is -0.122. The molecule has 2 aromatic carbocycles. The number of hydrogen-bond acceptors (Lipinski definition) is 3. The van der Waals surface area contributed by atoms with Gasteiger partial charge in [-0.05, 0) is 48.4 Å². The molecule has 4 rings (SSSR count). The van der Waals surface area contributed by atoms with Gasteiger partial charge in [0.15, 0.2) is 0 Å². The van der Waals surface area contributed by atoms with E-state index in [0.717, 1.165) is 35.5 Å². The van der Waals surface area contributed by atoms with Crippen LogP contribution in [-0.4, -0.2) is 26.1 Å². The minimum Gasteiger partial charge on any atom is -0.497 e. The van der Waals surface area contributed by atoms with Gasteiger partial charge in [-0.1, -0.05) is 35.3 Å². The Kier molecular flexibility index (Phi) is 4.14. The van der Waals surface area contributed by atoms with Crippen molar-refractivity contribution in [2.45, 2.75) is 18.4 Å². The van der Waals surface area contributed by atoms with Crippen molar-refractivity contribution in [2.75, 3.05) is 25.1 Å². The maximum Gasteiger partial charge on any atom is 0.239 e. The quantitative estimate of drug-likeness (QED) is 0.885. The van der Waals surface area contributed by atoms with Crippen molar-refractivity contribution in [2.24, 2.45) is 0 Å². The highest BCUT2D eigenvalue weighted by atomic mass is 35.5.